The van der Waals surface area contributed by atoms with Crippen molar-refractivity contribution in [3.8, 4) is 5.75 Å². The molecule has 1 unspecified atom stereocenters. The minimum absolute atomic E-state index is 0.105. The molecule has 1 atom stereocenters. The lowest BCUT2D eigenvalue weighted by atomic mass is 9.98. The Morgan fingerprint density at radius 3 is 2.59 bits per heavy atom. The van der Waals surface area contributed by atoms with E-state index >= 15 is 0 Å². The van der Waals surface area contributed by atoms with Crippen molar-refractivity contribution >= 4 is 17.6 Å². The number of carboxylic acids is 1. The monoisotopic (exact) mass is 372 g/mol. The van der Waals surface area contributed by atoms with Gasteiger partial charge in [0.05, 0.1) is 18.0 Å². The first-order valence-corrected chi connectivity index (χ1v) is 8.21. The zero-order chi connectivity index (χ0) is 20.0. The van der Waals surface area contributed by atoms with E-state index in [1.807, 2.05) is 0 Å². The number of aliphatic carboxylic acids is 1. The van der Waals surface area contributed by atoms with Gasteiger partial charge in [0.15, 0.2) is 0 Å². The van der Waals surface area contributed by atoms with Gasteiger partial charge in [-0.05, 0) is 31.0 Å². The van der Waals surface area contributed by atoms with Gasteiger partial charge >= 0.3 is 5.97 Å². The SMILES string of the molecule is COc1ccccc1CC(CNC(=O)c1ccc(C)c([N+](=O)[O-])c1)C(=O)O. The normalized spacial score (nSPS) is 11.5. The van der Waals surface area contributed by atoms with Crippen LogP contribution < -0.4 is 10.1 Å². The molecule has 0 aliphatic heterocycles. The van der Waals surface area contributed by atoms with Crippen LogP contribution in [0, 0.1) is 23.0 Å². The van der Waals surface area contributed by atoms with Crippen LogP contribution in [0.3, 0.4) is 0 Å². The van der Waals surface area contributed by atoms with E-state index in [0.717, 1.165) is 0 Å². The molecule has 0 saturated carbocycles. The number of ether oxygens (including phenoxy) is 1. The maximum absolute atomic E-state index is 12.3. The number of amides is 1. The van der Waals surface area contributed by atoms with E-state index in [2.05, 4.69) is 5.32 Å². The molecule has 142 valence electrons. The van der Waals surface area contributed by atoms with Crippen molar-refractivity contribution in [2.75, 3.05) is 13.7 Å². The van der Waals surface area contributed by atoms with Crippen molar-refractivity contribution in [2.24, 2.45) is 5.92 Å². The van der Waals surface area contributed by atoms with Gasteiger partial charge in [0.25, 0.3) is 11.6 Å². The molecule has 8 nitrogen and oxygen atoms in total. The lowest BCUT2D eigenvalue weighted by Gasteiger charge is -2.15. The molecule has 0 bridgehead atoms. The second-order valence-corrected chi connectivity index (χ2v) is 6.02. The van der Waals surface area contributed by atoms with Gasteiger partial charge in [-0.2, -0.15) is 0 Å². The molecule has 0 radical (unpaired) electrons. The first kappa shape index (κ1) is 19.9. The van der Waals surface area contributed by atoms with E-state index in [-0.39, 0.29) is 24.2 Å². The van der Waals surface area contributed by atoms with Crippen molar-refractivity contribution in [1.82, 2.24) is 5.32 Å². The highest BCUT2D eigenvalue weighted by Crippen LogP contribution is 2.22. The molecule has 0 saturated heterocycles. The minimum Gasteiger partial charge on any atom is -0.496 e. The first-order chi connectivity index (χ1) is 12.8. The molecule has 2 N–H and O–H groups in total. The lowest BCUT2D eigenvalue weighted by molar-refractivity contribution is -0.385. The predicted molar refractivity (Wildman–Crippen MR) is 98.0 cm³/mol. The fourth-order valence-electron chi connectivity index (χ4n) is 2.65. The Bertz CT molecular complexity index is 865. The molecule has 8 heteroatoms. The molecule has 2 rings (SSSR count). The summed E-state index contributed by atoms with van der Waals surface area (Å²) in [7, 11) is 1.50. The molecular formula is C19H20N2O6. The highest BCUT2D eigenvalue weighted by atomic mass is 16.6. The average molecular weight is 372 g/mol. The first-order valence-electron chi connectivity index (χ1n) is 8.21. The standard InChI is InChI=1S/C19H20N2O6/c1-12-7-8-14(10-16(12)21(25)26)18(22)20-11-15(19(23)24)9-13-5-3-4-6-17(13)27-2/h3-8,10,15H,9,11H2,1-2H3,(H,20,22)(H,23,24). The largest absolute Gasteiger partial charge is 0.496 e. The third-order valence-corrected chi connectivity index (χ3v) is 4.19. The number of nitro benzene ring substituents is 1. The molecule has 2 aromatic carbocycles. The molecule has 0 spiro atoms. The Labute approximate surface area is 155 Å². The van der Waals surface area contributed by atoms with Crippen molar-refractivity contribution in [2.45, 2.75) is 13.3 Å². The zero-order valence-electron chi connectivity index (χ0n) is 15.0. The van der Waals surface area contributed by atoms with Gasteiger partial charge in [-0.3, -0.25) is 19.7 Å². The summed E-state index contributed by atoms with van der Waals surface area (Å²) in [6.07, 6.45) is 0.174. The fourth-order valence-corrected chi connectivity index (χ4v) is 2.65. The van der Waals surface area contributed by atoms with Crippen molar-refractivity contribution in [3.63, 3.8) is 0 Å². The number of hydrogen-bond donors (Lipinski definition) is 2. The summed E-state index contributed by atoms with van der Waals surface area (Å²) in [5.41, 5.74) is 1.10. The van der Waals surface area contributed by atoms with Gasteiger partial charge in [0.1, 0.15) is 5.75 Å². The molecule has 0 aliphatic carbocycles. The number of carbonyl (C=O) groups excluding carboxylic acids is 1. The van der Waals surface area contributed by atoms with Crippen LogP contribution in [0.5, 0.6) is 5.75 Å². The van der Waals surface area contributed by atoms with Crippen LogP contribution >= 0.6 is 0 Å². The molecular weight excluding hydrogens is 352 g/mol. The Hall–Kier alpha value is -3.42. The Morgan fingerprint density at radius 1 is 1.26 bits per heavy atom. The summed E-state index contributed by atoms with van der Waals surface area (Å²) in [6.45, 7) is 1.46. The van der Waals surface area contributed by atoms with Gasteiger partial charge in [-0.25, -0.2) is 0 Å². The topological polar surface area (TPSA) is 119 Å². The number of benzene rings is 2. The van der Waals surface area contributed by atoms with Gasteiger partial charge < -0.3 is 15.2 Å². The number of nitrogens with one attached hydrogen (secondary N) is 1. The maximum atomic E-state index is 12.3. The number of carbonyl (C=O) groups is 2. The van der Waals surface area contributed by atoms with Crippen molar-refractivity contribution in [3.05, 3.63) is 69.3 Å². The summed E-state index contributed by atoms with van der Waals surface area (Å²) in [5, 5.41) is 23.0. The van der Waals surface area contributed by atoms with Crippen LogP contribution in [-0.2, 0) is 11.2 Å². The van der Waals surface area contributed by atoms with Crippen LogP contribution in [0.25, 0.3) is 0 Å². The van der Waals surface area contributed by atoms with E-state index < -0.39 is 22.7 Å². The fraction of sp³-hybridized carbons (Fsp3) is 0.263. The summed E-state index contributed by atoms with van der Waals surface area (Å²) in [5.74, 6) is -1.92. The van der Waals surface area contributed by atoms with Crippen LogP contribution in [0.15, 0.2) is 42.5 Å². The Balaban J connectivity index is 2.10. The quantitative estimate of drug-likeness (QED) is 0.543. The third kappa shape index (κ3) is 5.04. The summed E-state index contributed by atoms with van der Waals surface area (Å²) >= 11 is 0. The van der Waals surface area contributed by atoms with Gasteiger partial charge in [0, 0.05) is 23.7 Å². The van der Waals surface area contributed by atoms with Crippen molar-refractivity contribution in [1.29, 1.82) is 0 Å². The summed E-state index contributed by atoms with van der Waals surface area (Å²) in [4.78, 5) is 34.3. The van der Waals surface area contributed by atoms with E-state index in [1.54, 1.807) is 31.2 Å². The molecule has 27 heavy (non-hydrogen) atoms. The van der Waals surface area contributed by atoms with Gasteiger partial charge in [-0.15, -0.1) is 0 Å². The van der Waals surface area contributed by atoms with Crippen LogP contribution in [-0.4, -0.2) is 35.6 Å². The zero-order valence-corrected chi connectivity index (χ0v) is 15.0. The number of para-hydroxylation sites is 1. The summed E-state index contributed by atoms with van der Waals surface area (Å²) < 4.78 is 5.22. The molecule has 0 heterocycles. The van der Waals surface area contributed by atoms with Gasteiger partial charge in [0.2, 0.25) is 0 Å². The number of carboxylic acid groups (broad SMARTS) is 1. The highest BCUT2D eigenvalue weighted by Gasteiger charge is 2.22. The molecule has 0 aromatic heterocycles. The van der Waals surface area contributed by atoms with Crippen molar-refractivity contribution < 1.29 is 24.4 Å². The number of hydrogen-bond acceptors (Lipinski definition) is 5. The summed E-state index contributed by atoms with van der Waals surface area (Å²) in [6, 6.07) is 11.2. The van der Waals surface area contributed by atoms with Crippen LogP contribution in [0.4, 0.5) is 5.69 Å². The van der Waals surface area contributed by atoms with Crippen LogP contribution in [0.2, 0.25) is 0 Å². The molecule has 0 aliphatic rings. The molecule has 0 fully saturated rings. The van der Waals surface area contributed by atoms with Gasteiger partial charge in [-0.1, -0.05) is 24.3 Å². The minimum atomic E-state index is -1.06. The van der Waals surface area contributed by atoms with E-state index in [9.17, 15) is 24.8 Å². The second-order valence-electron chi connectivity index (χ2n) is 6.02. The Kier molecular flexibility index (Phi) is 6.48. The maximum Gasteiger partial charge on any atom is 0.308 e. The number of methoxy groups -OCH3 is 1. The van der Waals surface area contributed by atoms with E-state index in [4.69, 9.17) is 4.74 Å². The predicted octanol–water partition coefficient (Wildman–Crippen LogP) is 2.59. The number of aryl methyl sites for hydroxylation is 1. The highest BCUT2D eigenvalue weighted by molar-refractivity contribution is 5.95. The molecule has 1 amide bonds. The smallest absolute Gasteiger partial charge is 0.308 e. The number of nitrogens with zero attached hydrogens (tertiary/aromatic N) is 1. The van der Waals surface area contributed by atoms with E-state index in [1.165, 1.54) is 25.3 Å². The lowest BCUT2D eigenvalue weighted by Crippen LogP contribution is -2.34. The third-order valence-electron chi connectivity index (χ3n) is 4.19. The molecule has 2 aromatic rings. The Morgan fingerprint density at radius 2 is 1.96 bits per heavy atom. The average Bonchev–Trinajstić information content (AvgIpc) is 2.65. The van der Waals surface area contributed by atoms with E-state index in [0.29, 0.717) is 16.9 Å². The number of nitro groups is 1. The number of rotatable bonds is 8. The van der Waals surface area contributed by atoms with Crippen LogP contribution in [0.1, 0.15) is 21.5 Å². The second kappa shape index (κ2) is 8.79.